The van der Waals surface area contributed by atoms with Gasteiger partial charge in [0.25, 0.3) is 0 Å². The van der Waals surface area contributed by atoms with Gasteiger partial charge in [-0.3, -0.25) is 4.79 Å². The molecule has 0 spiro atoms. The molecule has 1 aliphatic rings. The summed E-state index contributed by atoms with van der Waals surface area (Å²) >= 11 is 0. The molecule has 1 fully saturated rings. The van der Waals surface area contributed by atoms with Crippen molar-refractivity contribution in [2.45, 2.75) is 45.1 Å². The van der Waals surface area contributed by atoms with Crippen LogP contribution in [0, 0.1) is 17.2 Å². The fraction of sp³-hybridized carbons (Fsp3) is 0.529. The zero-order valence-corrected chi connectivity index (χ0v) is 12.1. The van der Waals surface area contributed by atoms with Gasteiger partial charge in [0, 0.05) is 19.5 Å². The molecule has 20 heavy (non-hydrogen) atoms. The average Bonchev–Trinajstić information content (AvgIpc) is 2.75. The Kier molecular flexibility index (Phi) is 5.17. The zero-order valence-electron chi connectivity index (χ0n) is 12.1. The van der Waals surface area contributed by atoms with Crippen LogP contribution in [-0.4, -0.2) is 17.9 Å². The molecule has 1 saturated carbocycles. The minimum atomic E-state index is 0.196. The van der Waals surface area contributed by atoms with E-state index < -0.39 is 0 Å². The van der Waals surface area contributed by atoms with Crippen LogP contribution in [0.15, 0.2) is 24.3 Å². The summed E-state index contributed by atoms with van der Waals surface area (Å²) in [6, 6.07) is 9.63. The Balaban J connectivity index is 1.97. The predicted molar refractivity (Wildman–Crippen MR) is 78.8 cm³/mol. The first-order valence-corrected chi connectivity index (χ1v) is 7.44. The Labute approximate surface area is 121 Å². The van der Waals surface area contributed by atoms with Gasteiger partial charge in [0.1, 0.15) is 0 Å². The second-order valence-corrected chi connectivity index (χ2v) is 5.69. The standard InChI is InChI=1S/C17H22N2O/c1-19(13-15-8-6-7-14(11-15)12-18)17(20)16-9-4-2-3-5-10-16/h6-8,11,16H,2-5,9-10,13H2,1H3. The smallest absolute Gasteiger partial charge is 0.225 e. The summed E-state index contributed by atoms with van der Waals surface area (Å²) in [4.78, 5) is 14.3. The van der Waals surface area contributed by atoms with Gasteiger partial charge in [-0.2, -0.15) is 5.26 Å². The van der Waals surface area contributed by atoms with E-state index >= 15 is 0 Å². The zero-order chi connectivity index (χ0) is 14.4. The molecule has 1 aromatic rings. The van der Waals surface area contributed by atoms with Crippen LogP contribution >= 0.6 is 0 Å². The molecule has 3 heteroatoms. The van der Waals surface area contributed by atoms with Gasteiger partial charge in [-0.1, -0.05) is 37.8 Å². The Bertz CT molecular complexity index is 496. The highest BCUT2D eigenvalue weighted by atomic mass is 16.2. The fourth-order valence-corrected chi connectivity index (χ4v) is 2.93. The van der Waals surface area contributed by atoms with Crippen LogP contribution in [-0.2, 0) is 11.3 Å². The van der Waals surface area contributed by atoms with Crippen molar-refractivity contribution in [1.29, 1.82) is 5.26 Å². The van der Waals surface area contributed by atoms with E-state index in [9.17, 15) is 4.79 Å². The van der Waals surface area contributed by atoms with Gasteiger partial charge < -0.3 is 4.90 Å². The Morgan fingerprint density at radius 3 is 2.65 bits per heavy atom. The number of nitriles is 1. The normalized spacial score (nSPS) is 16.2. The summed E-state index contributed by atoms with van der Waals surface area (Å²) in [6.07, 6.45) is 6.93. The maximum absolute atomic E-state index is 12.5. The van der Waals surface area contributed by atoms with E-state index in [1.807, 2.05) is 30.1 Å². The average molecular weight is 270 g/mol. The maximum Gasteiger partial charge on any atom is 0.225 e. The second-order valence-electron chi connectivity index (χ2n) is 5.69. The van der Waals surface area contributed by atoms with Gasteiger partial charge in [0.05, 0.1) is 11.6 Å². The lowest BCUT2D eigenvalue weighted by atomic mass is 9.98. The van der Waals surface area contributed by atoms with Crippen molar-refractivity contribution < 1.29 is 4.79 Å². The third-order valence-corrected chi connectivity index (χ3v) is 4.06. The molecule has 0 aliphatic heterocycles. The number of benzene rings is 1. The van der Waals surface area contributed by atoms with Crippen molar-refractivity contribution in [2.24, 2.45) is 5.92 Å². The minimum Gasteiger partial charge on any atom is -0.341 e. The van der Waals surface area contributed by atoms with Gasteiger partial charge in [0.15, 0.2) is 0 Å². The van der Waals surface area contributed by atoms with Gasteiger partial charge in [-0.05, 0) is 30.5 Å². The van der Waals surface area contributed by atoms with E-state index in [-0.39, 0.29) is 11.8 Å². The van der Waals surface area contributed by atoms with Crippen LogP contribution in [0.25, 0.3) is 0 Å². The number of hydrogen-bond acceptors (Lipinski definition) is 2. The lowest BCUT2D eigenvalue weighted by Crippen LogP contribution is -2.32. The first-order chi connectivity index (χ1) is 9.70. The highest BCUT2D eigenvalue weighted by molar-refractivity contribution is 5.78. The van der Waals surface area contributed by atoms with E-state index in [4.69, 9.17) is 5.26 Å². The van der Waals surface area contributed by atoms with Gasteiger partial charge >= 0.3 is 0 Å². The minimum absolute atomic E-state index is 0.196. The fourth-order valence-electron chi connectivity index (χ4n) is 2.93. The van der Waals surface area contributed by atoms with Crippen molar-refractivity contribution >= 4 is 5.91 Å². The molecular weight excluding hydrogens is 248 g/mol. The van der Waals surface area contributed by atoms with Crippen LogP contribution in [0.4, 0.5) is 0 Å². The number of carbonyl (C=O) groups is 1. The predicted octanol–water partition coefficient (Wildman–Crippen LogP) is 3.49. The molecule has 0 N–H and O–H groups in total. The van der Waals surface area contributed by atoms with Gasteiger partial charge in [-0.15, -0.1) is 0 Å². The Morgan fingerprint density at radius 2 is 2.00 bits per heavy atom. The monoisotopic (exact) mass is 270 g/mol. The van der Waals surface area contributed by atoms with E-state index in [0.717, 1.165) is 18.4 Å². The van der Waals surface area contributed by atoms with E-state index in [1.54, 1.807) is 6.07 Å². The van der Waals surface area contributed by atoms with E-state index in [2.05, 4.69) is 6.07 Å². The van der Waals surface area contributed by atoms with Crippen molar-refractivity contribution in [1.82, 2.24) is 4.90 Å². The molecule has 3 nitrogen and oxygen atoms in total. The molecule has 0 unspecified atom stereocenters. The van der Waals surface area contributed by atoms with Crippen LogP contribution in [0.3, 0.4) is 0 Å². The Morgan fingerprint density at radius 1 is 1.30 bits per heavy atom. The molecule has 1 amide bonds. The quantitative estimate of drug-likeness (QED) is 0.789. The molecule has 0 aromatic heterocycles. The molecule has 2 rings (SSSR count). The van der Waals surface area contributed by atoms with Crippen LogP contribution in [0.2, 0.25) is 0 Å². The topological polar surface area (TPSA) is 44.1 Å². The number of carbonyl (C=O) groups excluding carboxylic acids is 1. The molecule has 0 radical (unpaired) electrons. The van der Waals surface area contributed by atoms with Crippen molar-refractivity contribution in [2.75, 3.05) is 7.05 Å². The summed E-state index contributed by atoms with van der Waals surface area (Å²) < 4.78 is 0. The number of amides is 1. The van der Waals surface area contributed by atoms with Crippen molar-refractivity contribution in [3.05, 3.63) is 35.4 Å². The third kappa shape index (κ3) is 3.84. The van der Waals surface area contributed by atoms with Crippen molar-refractivity contribution in [3.63, 3.8) is 0 Å². The molecule has 1 aromatic carbocycles. The first-order valence-electron chi connectivity index (χ1n) is 7.44. The van der Waals surface area contributed by atoms with E-state index in [0.29, 0.717) is 12.1 Å². The molecule has 0 saturated heterocycles. The van der Waals surface area contributed by atoms with Crippen LogP contribution in [0.1, 0.15) is 49.7 Å². The molecular formula is C17H22N2O. The lowest BCUT2D eigenvalue weighted by Gasteiger charge is -2.23. The summed E-state index contributed by atoms with van der Waals surface area (Å²) in [6.45, 7) is 0.588. The third-order valence-electron chi connectivity index (χ3n) is 4.06. The maximum atomic E-state index is 12.5. The summed E-state index contributed by atoms with van der Waals surface area (Å²) in [7, 11) is 1.87. The number of hydrogen-bond donors (Lipinski definition) is 0. The molecule has 1 aliphatic carbocycles. The summed E-state index contributed by atoms with van der Waals surface area (Å²) in [5, 5.41) is 8.91. The number of rotatable bonds is 3. The molecule has 106 valence electrons. The highest BCUT2D eigenvalue weighted by Crippen LogP contribution is 2.24. The van der Waals surface area contributed by atoms with Crippen LogP contribution in [0.5, 0.6) is 0 Å². The van der Waals surface area contributed by atoms with Gasteiger partial charge in [-0.25, -0.2) is 0 Å². The number of nitrogens with zero attached hydrogens (tertiary/aromatic N) is 2. The summed E-state index contributed by atoms with van der Waals surface area (Å²) in [5.74, 6) is 0.455. The Hall–Kier alpha value is -1.82. The molecule has 0 atom stereocenters. The summed E-state index contributed by atoms with van der Waals surface area (Å²) in [5.41, 5.74) is 1.67. The highest BCUT2D eigenvalue weighted by Gasteiger charge is 2.23. The molecule has 0 bridgehead atoms. The van der Waals surface area contributed by atoms with Crippen molar-refractivity contribution in [3.8, 4) is 6.07 Å². The first kappa shape index (κ1) is 14.6. The lowest BCUT2D eigenvalue weighted by molar-refractivity contribution is -0.135. The van der Waals surface area contributed by atoms with Crippen LogP contribution < -0.4 is 0 Å². The van der Waals surface area contributed by atoms with E-state index in [1.165, 1.54) is 25.7 Å². The largest absolute Gasteiger partial charge is 0.341 e. The SMILES string of the molecule is CN(Cc1cccc(C#N)c1)C(=O)C1CCCCCC1. The van der Waals surface area contributed by atoms with Gasteiger partial charge in [0.2, 0.25) is 5.91 Å². The molecule has 0 heterocycles. The second kappa shape index (κ2) is 7.09.